The SMILES string of the molecule is CC(=O)OC[C@H]1O[C@@H](OC(C)=O)[C@H](NC(=O)C(Cl)(Cl)Cl)[C@@H](OC(C)=O)[C@@H]1OC(C)=O. The largest absolute Gasteiger partial charge is 0.463 e. The van der Waals surface area contributed by atoms with E-state index < -0.39 is 70.8 Å². The maximum atomic E-state index is 12.2. The van der Waals surface area contributed by atoms with Crippen molar-refractivity contribution < 1.29 is 47.7 Å². The summed E-state index contributed by atoms with van der Waals surface area (Å²) >= 11 is 16.7. The van der Waals surface area contributed by atoms with Gasteiger partial charge in [0.15, 0.2) is 12.2 Å². The van der Waals surface area contributed by atoms with Crippen molar-refractivity contribution in [1.82, 2.24) is 5.32 Å². The van der Waals surface area contributed by atoms with Gasteiger partial charge in [-0.2, -0.15) is 0 Å². The highest BCUT2D eigenvalue weighted by atomic mass is 35.6. The Morgan fingerprint density at radius 3 is 1.77 bits per heavy atom. The fraction of sp³-hybridized carbons (Fsp3) is 0.688. The lowest BCUT2D eigenvalue weighted by Crippen LogP contribution is -2.67. The van der Waals surface area contributed by atoms with Crippen LogP contribution in [-0.4, -0.2) is 70.8 Å². The first-order valence-corrected chi connectivity index (χ1v) is 9.54. The number of hydrogen-bond acceptors (Lipinski definition) is 10. The number of nitrogens with one attached hydrogen (secondary N) is 1. The smallest absolute Gasteiger partial charge is 0.305 e. The minimum absolute atomic E-state index is 0.450. The van der Waals surface area contributed by atoms with Crippen LogP contribution in [0.3, 0.4) is 0 Å². The molecule has 1 rings (SSSR count). The summed E-state index contributed by atoms with van der Waals surface area (Å²) in [6, 6.07) is -1.45. The molecular weight excluding hydrogens is 473 g/mol. The normalized spacial score (nSPS) is 26.2. The average Bonchev–Trinajstić information content (AvgIpc) is 2.56. The van der Waals surface area contributed by atoms with Crippen molar-refractivity contribution in [3.63, 3.8) is 0 Å². The zero-order valence-corrected chi connectivity index (χ0v) is 18.6. The summed E-state index contributed by atoms with van der Waals surface area (Å²) in [5.74, 6) is -4.30. The van der Waals surface area contributed by atoms with Crippen LogP contribution in [0.25, 0.3) is 0 Å². The number of carbonyl (C=O) groups is 5. The second-order valence-corrected chi connectivity index (χ2v) is 8.38. The van der Waals surface area contributed by atoms with Gasteiger partial charge in [0.1, 0.15) is 18.8 Å². The van der Waals surface area contributed by atoms with E-state index in [2.05, 4.69) is 5.32 Å². The first kappa shape index (κ1) is 26.2. The lowest BCUT2D eigenvalue weighted by atomic mass is 9.96. The van der Waals surface area contributed by atoms with Crippen LogP contribution in [0.15, 0.2) is 0 Å². The Bertz CT molecular complexity index is 695. The molecule has 0 saturated carbocycles. The third-order valence-corrected chi connectivity index (χ3v) is 4.05. The van der Waals surface area contributed by atoms with Gasteiger partial charge in [0.25, 0.3) is 9.70 Å². The number of esters is 4. The van der Waals surface area contributed by atoms with Gasteiger partial charge < -0.3 is 29.0 Å². The standard InChI is InChI=1S/C16H20Cl3NO10/c1-6(21)26-5-10-12(27-7(2)22)13(28-8(3)23)11(14(30-10)29-9(4)24)20-15(25)16(17,18)19/h10-14H,5H2,1-4H3,(H,20,25)/t10-,11-,12-,13-,14-/m1/s1. The van der Waals surface area contributed by atoms with Crippen LogP contribution >= 0.6 is 34.8 Å². The fourth-order valence-electron chi connectivity index (χ4n) is 2.55. The molecule has 1 saturated heterocycles. The third kappa shape index (κ3) is 8.13. The molecule has 1 aliphatic rings. The van der Waals surface area contributed by atoms with E-state index >= 15 is 0 Å². The minimum atomic E-state index is -2.42. The van der Waals surface area contributed by atoms with Crippen LogP contribution in [0.1, 0.15) is 27.7 Å². The molecule has 14 heteroatoms. The van der Waals surface area contributed by atoms with E-state index in [4.69, 9.17) is 58.5 Å². The predicted octanol–water partition coefficient (Wildman–Crippen LogP) is 0.556. The summed E-state index contributed by atoms with van der Waals surface area (Å²) in [6.45, 7) is 3.85. The predicted molar refractivity (Wildman–Crippen MR) is 100 cm³/mol. The fourth-order valence-corrected chi connectivity index (χ4v) is 2.72. The van der Waals surface area contributed by atoms with Crippen LogP contribution < -0.4 is 5.32 Å². The number of ether oxygens (including phenoxy) is 5. The molecule has 0 aromatic rings. The molecule has 1 fully saturated rings. The Hall–Kier alpha value is -1.82. The van der Waals surface area contributed by atoms with E-state index in [0.29, 0.717) is 0 Å². The van der Waals surface area contributed by atoms with Gasteiger partial charge in [-0.15, -0.1) is 0 Å². The molecule has 11 nitrogen and oxygen atoms in total. The molecule has 0 radical (unpaired) electrons. The Kier molecular flexibility index (Phi) is 9.60. The van der Waals surface area contributed by atoms with Gasteiger partial charge in [-0.25, -0.2) is 0 Å². The molecule has 0 unspecified atom stereocenters. The van der Waals surface area contributed by atoms with E-state index in [-0.39, 0.29) is 0 Å². The first-order valence-electron chi connectivity index (χ1n) is 8.40. The minimum Gasteiger partial charge on any atom is -0.463 e. The molecule has 5 atom stereocenters. The van der Waals surface area contributed by atoms with Crippen LogP contribution in [0.2, 0.25) is 0 Å². The van der Waals surface area contributed by atoms with Crippen molar-refractivity contribution in [3.05, 3.63) is 0 Å². The molecule has 30 heavy (non-hydrogen) atoms. The van der Waals surface area contributed by atoms with Gasteiger partial charge in [0.2, 0.25) is 6.29 Å². The van der Waals surface area contributed by atoms with Gasteiger partial charge in [0.05, 0.1) is 0 Å². The topological polar surface area (TPSA) is 144 Å². The molecule has 0 aliphatic carbocycles. The molecule has 0 bridgehead atoms. The van der Waals surface area contributed by atoms with Crippen molar-refractivity contribution in [1.29, 1.82) is 0 Å². The Labute approximate surface area is 186 Å². The maximum Gasteiger partial charge on any atom is 0.305 e. The molecule has 0 aromatic carbocycles. The van der Waals surface area contributed by atoms with Crippen molar-refractivity contribution in [2.75, 3.05) is 6.61 Å². The summed E-state index contributed by atoms with van der Waals surface area (Å²) in [4.78, 5) is 58.2. The monoisotopic (exact) mass is 491 g/mol. The van der Waals surface area contributed by atoms with Crippen molar-refractivity contribution >= 4 is 64.6 Å². The average molecular weight is 493 g/mol. The van der Waals surface area contributed by atoms with Gasteiger partial charge in [-0.05, 0) is 0 Å². The zero-order chi connectivity index (χ0) is 23.2. The molecule has 0 aromatic heterocycles. The Balaban J connectivity index is 3.39. The second-order valence-electron chi connectivity index (χ2n) is 6.10. The van der Waals surface area contributed by atoms with Gasteiger partial charge in [-0.3, -0.25) is 24.0 Å². The van der Waals surface area contributed by atoms with E-state index in [1.54, 1.807) is 0 Å². The summed E-state index contributed by atoms with van der Waals surface area (Å²) in [7, 11) is 0. The summed E-state index contributed by atoms with van der Waals surface area (Å²) < 4.78 is 23.5. The maximum absolute atomic E-state index is 12.2. The zero-order valence-electron chi connectivity index (χ0n) is 16.3. The van der Waals surface area contributed by atoms with Gasteiger partial charge >= 0.3 is 23.9 Å². The Morgan fingerprint density at radius 1 is 0.833 bits per heavy atom. The number of halogens is 3. The number of carbonyl (C=O) groups excluding carboxylic acids is 5. The number of rotatable bonds is 6. The Morgan fingerprint density at radius 2 is 1.33 bits per heavy atom. The number of amides is 1. The lowest BCUT2D eigenvalue weighted by molar-refractivity contribution is -0.271. The van der Waals surface area contributed by atoms with Gasteiger partial charge in [0, 0.05) is 27.7 Å². The lowest BCUT2D eigenvalue weighted by Gasteiger charge is -2.44. The van der Waals surface area contributed by atoms with Gasteiger partial charge in [-0.1, -0.05) is 34.8 Å². The van der Waals surface area contributed by atoms with Crippen LogP contribution in [0.4, 0.5) is 0 Å². The number of hydrogen-bond donors (Lipinski definition) is 1. The molecule has 170 valence electrons. The highest BCUT2D eigenvalue weighted by Crippen LogP contribution is 2.31. The van der Waals surface area contributed by atoms with Crippen LogP contribution in [0.5, 0.6) is 0 Å². The molecule has 1 aliphatic heterocycles. The number of alkyl halides is 3. The van der Waals surface area contributed by atoms with E-state index in [0.717, 1.165) is 27.7 Å². The van der Waals surface area contributed by atoms with Crippen molar-refractivity contribution in [3.8, 4) is 0 Å². The molecular formula is C16H20Cl3NO10. The molecule has 0 spiro atoms. The molecule has 1 heterocycles. The highest BCUT2D eigenvalue weighted by molar-refractivity contribution is 6.76. The van der Waals surface area contributed by atoms with E-state index in [1.807, 2.05) is 0 Å². The highest BCUT2D eigenvalue weighted by Gasteiger charge is 2.53. The molecule has 1 amide bonds. The van der Waals surface area contributed by atoms with Crippen molar-refractivity contribution in [2.45, 2.75) is 62.1 Å². The van der Waals surface area contributed by atoms with E-state index in [1.165, 1.54) is 0 Å². The van der Waals surface area contributed by atoms with Crippen LogP contribution in [0, 0.1) is 0 Å². The summed E-state index contributed by atoms with van der Waals surface area (Å²) in [5, 5.41) is 2.25. The quantitative estimate of drug-likeness (QED) is 0.317. The van der Waals surface area contributed by atoms with E-state index in [9.17, 15) is 24.0 Å². The van der Waals surface area contributed by atoms with Crippen molar-refractivity contribution in [2.24, 2.45) is 0 Å². The molecule has 1 N–H and O–H groups in total. The summed E-state index contributed by atoms with van der Waals surface area (Å²) in [6.07, 6.45) is -5.64. The summed E-state index contributed by atoms with van der Waals surface area (Å²) in [5.41, 5.74) is 0. The second kappa shape index (κ2) is 11.0. The third-order valence-electron chi connectivity index (χ3n) is 3.54. The first-order chi connectivity index (χ1) is 13.7. The van der Waals surface area contributed by atoms with Crippen LogP contribution in [-0.2, 0) is 47.7 Å².